The molecule has 0 spiro atoms. The largest absolute Gasteiger partial charge is 0.324 e. The van der Waals surface area contributed by atoms with Gasteiger partial charge in [-0.1, -0.05) is 0 Å². The molecule has 1 saturated heterocycles. The molecular formula is C13H18BrClN4O3. The fourth-order valence-electron chi connectivity index (χ4n) is 2.17. The van der Waals surface area contributed by atoms with E-state index in [1.165, 1.54) is 18.2 Å². The van der Waals surface area contributed by atoms with E-state index in [4.69, 9.17) is 0 Å². The molecule has 0 aliphatic carbocycles. The zero-order chi connectivity index (χ0) is 15.2. The second kappa shape index (κ2) is 9.04. The summed E-state index contributed by atoms with van der Waals surface area (Å²) in [4.78, 5) is 24.3. The van der Waals surface area contributed by atoms with Gasteiger partial charge in [0.15, 0.2) is 0 Å². The number of hydrogen-bond acceptors (Lipinski definition) is 5. The lowest BCUT2D eigenvalue weighted by molar-refractivity contribution is -0.384. The van der Waals surface area contributed by atoms with Gasteiger partial charge in [0, 0.05) is 29.7 Å². The van der Waals surface area contributed by atoms with E-state index in [1.807, 2.05) is 0 Å². The third kappa shape index (κ3) is 5.53. The fourth-order valence-corrected chi connectivity index (χ4v) is 2.64. The maximum atomic E-state index is 12.0. The van der Waals surface area contributed by atoms with Crippen molar-refractivity contribution < 1.29 is 9.72 Å². The van der Waals surface area contributed by atoms with Crippen LogP contribution in [-0.2, 0) is 4.79 Å². The number of carbonyl (C=O) groups is 1. The molecule has 0 radical (unpaired) electrons. The Morgan fingerprint density at radius 3 is 2.86 bits per heavy atom. The summed E-state index contributed by atoms with van der Waals surface area (Å²) in [7, 11) is 0. The Kier molecular flexibility index (Phi) is 7.74. The van der Waals surface area contributed by atoms with Gasteiger partial charge in [0.05, 0.1) is 17.2 Å². The summed E-state index contributed by atoms with van der Waals surface area (Å²) in [6, 6.07) is 4.28. The van der Waals surface area contributed by atoms with Gasteiger partial charge in [-0.3, -0.25) is 19.8 Å². The molecule has 22 heavy (non-hydrogen) atoms. The van der Waals surface area contributed by atoms with Gasteiger partial charge >= 0.3 is 0 Å². The van der Waals surface area contributed by atoms with Gasteiger partial charge < -0.3 is 10.6 Å². The van der Waals surface area contributed by atoms with Crippen molar-refractivity contribution in [1.29, 1.82) is 0 Å². The minimum Gasteiger partial charge on any atom is -0.324 e. The zero-order valence-corrected chi connectivity index (χ0v) is 14.3. The van der Waals surface area contributed by atoms with E-state index < -0.39 is 4.92 Å². The average molecular weight is 394 g/mol. The van der Waals surface area contributed by atoms with Crippen molar-refractivity contribution in [3.8, 4) is 0 Å². The number of anilines is 1. The monoisotopic (exact) mass is 392 g/mol. The van der Waals surface area contributed by atoms with Crippen molar-refractivity contribution in [3.63, 3.8) is 0 Å². The molecule has 1 aromatic carbocycles. The van der Waals surface area contributed by atoms with Gasteiger partial charge in [-0.05, 0) is 41.5 Å². The number of halogens is 2. The molecular weight excluding hydrogens is 376 g/mol. The number of carbonyl (C=O) groups excluding carboxylic acids is 1. The number of amides is 1. The first kappa shape index (κ1) is 18.8. The number of benzene rings is 1. The first-order chi connectivity index (χ1) is 10.1. The molecule has 2 N–H and O–H groups in total. The molecule has 1 aliphatic heterocycles. The van der Waals surface area contributed by atoms with Crippen molar-refractivity contribution in [1.82, 2.24) is 10.2 Å². The molecule has 9 heteroatoms. The first-order valence-corrected chi connectivity index (χ1v) is 7.52. The van der Waals surface area contributed by atoms with E-state index in [0.717, 1.165) is 32.6 Å². The standard InChI is InChI=1S/C13H17BrN4O3.ClH/c14-11-8-10(18(20)21)2-3-12(11)16-13(19)9-17-6-1-4-15-5-7-17;/h2-3,8,15H,1,4-7,9H2,(H,16,19);1H. The van der Waals surface area contributed by atoms with Gasteiger partial charge in [-0.2, -0.15) is 0 Å². The number of nitrogens with zero attached hydrogens (tertiary/aromatic N) is 2. The van der Waals surface area contributed by atoms with Crippen molar-refractivity contribution in [3.05, 3.63) is 32.8 Å². The van der Waals surface area contributed by atoms with Crippen LogP contribution in [0.5, 0.6) is 0 Å². The minimum absolute atomic E-state index is 0. The molecule has 2 rings (SSSR count). The minimum atomic E-state index is -0.472. The molecule has 0 aromatic heterocycles. The van der Waals surface area contributed by atoms with Crippen molar-refractivity contribution >= 4 is 45.6 Å². The lowest BCUT2D eigenvalue weighted by Crippen LogP contribution is -2.35. The third-order valence-corrected chi connectivity index (χ3v) is 3.89. The topological polar surface area (TPSA) is 87.5 Å². The number of non-ortho nitro benzene ring substituents is 1. The zero-order valence-electron chi connectivity index (χ0n) is 11.9. The molecule has 0 saturated carbocycles. The molecule has 0 unspecified atom stereocenters. The van der Waals surface area contributed by atoms with Crippen LogP contribution in [0.15, 0.2) is 22.7 Å². The van der Waals surface area contributed by atoms with E-state index in [2.05, 4.69) is 31.5 Å². The Balaban J connectivity index is 0.00000242. The molecule has 1 amide bonds. The van der Waals surface area contributed by atoms with Gasteiger partial charge in [-0.25, -0.2) is 0 Å². The molecule has 1 aromatic rings. The highest BCUT2D eigenvalue weighted by molar-refractivity contribution is 9.10. The van der Waals surface area contributed by atoms with Crippen LogP contribution in [0.4, 0.5) is 11.4 Å². The quantitative estimate of drug-likeness (QED) is 0.603. The summed E-state index contributed by atoms with van der Waals surface area (Å²) < 4.78 is 0.502. The SMILES string of the molecule is Cl.O=C(CN1CCCNCC1)Nc1ccc([N+](=O)[O-])cc1Br. The maximum Gasteiger partial charge on any atom is 0.270 e. The van der Waals surface area contributed by atoms with Crippen molar-refractivity contribution in [2.75, 3.05) is 38.0 Å². The van der Waals surface area contributed by atoms with Crippen LogP contribution in [0.3, 0.4) is 0 Å². The number of nitrogens with one attached hydrogen (secondary N) is 2. The van der Waals surface area contributed by atoms with Crippen molar-refractivity contribution in [2.24, 2.45) is 0 Å². The summed E-state index contributed by atoms with van der Waals surface area (Å²) in [6.07, 6.45) is 1.02. The molecule has 0 bridgehead atoms. The second-order valence-corrected chi connectivity index (χ2v) is 5.70. The highest BCUT2D eigenvalue weighted by Crippen LogP contribution is 2.27. The van der Waals surface area contributed by atoms with Crippen LogP contribution in [0, 0.1) is 10.1 Å². The number of nitro benzene ring substituents is 1. The lowest BCUT2D eigenvalue weighted by atomic mass is 10.3. The number of nitro groups is 1. The summed E-state index contributed by atoms with van der Waals surface area (Å²) in [5.41, 5.74) is 0.525. The number of rotatable bonds is 4. The van der Waals surface area contributed by atoms with Crippen LogP contribution >= 0.6 is 28.3 Å². The van der Waals surface area contributed by atoms with Gasteiger partial charge in [0.2, 0.25) is 5.91 Å². The van der Waals surface area contributed by atoms with E-state index in [-0.39, 0.29) is 24.0 Å². The number of hydrogen-bond donors (Lipinski definition) is 2. The summed E-state index contributed by atoms with van der Waals surface area (Å²) >= 11 is 3.24. The van der Waals surface area contributed by atoms with Gasteiger partial charge in [0.1, 0.15) is 0 Å². The van der Waals surface area contributed by atoms with Crippen molar-refractivity contribution in [2.45, 2.75) is 6.42 Å². The van der Waals surface area contributed by atoms with Crippen LogP contribution in [-0.4, -0.2) is 48.5 Å². The average Bonchev–Trinajstić information content (AvgIpc) is 2.69. The van der Waals surface area contributed by atoms with E-state index in [0.29, 0.717) is 16.7 Å². The fraction of sp³-hybridized carbons (Fsp3) is 0.462. The Morgan fingerprint density at radius 1 is 1.41 bits per heavy atom. The van der Waals surface area contributed by atoms with Crippen LogP contribution in [0.1, 0.15) is 6.42 Å². The van der Waals surface area contributed by atoms with Gasteiger partial charge in [-0.15, -0.1) is 12.4 Å². The molecule has 7 nitrogen and oxygen atoms in total. The lowest BCUT2D eigenvalue weighted by Gasteiger charge is -2.18. The van der Waals surface area contributed by atoms with Crippen LogP contribution in [0.25, 0.3) is 0 Å². The normalized spacial score (nSPS) is 15.5. The summed E-state index contributed by atoms with van der Waals surface area (Å²) in [5.74, 6) is -0.119. The molecule has 1 heterocycles. The maximum absolute atomic E-state index is 12.0. The van der Waals surface area contributed by atoms with Crippen LogP contribution < -0.4 is 10.6 Å². The highest BCUT2D eigenvalue weighted by atomic mass is 79.9. The first-order valence-electron chi connectivity index (χ1n) is 6.73. The molecule has 1 aliphatic rings. The predicted octanol–water partition coefficient (Wildman–Crippen LogP) is 2.01. The highest BCUT2D eigenvalue weighted by Gasteiger charge is 2.15. The van der Waals surface area contributed by atoms with E-state index in [1.54, 1.807) is 0 Å². The van der Waals surface area contributed by atoms with Crippen LogP contribution in [0.2, 0.25) is 0 Å². The Hall–Kier alpha value is -1.22. The smallest absolute Gasteiger partial charge is 0.270 e. The Morgan fingerprint density at radius 2 is 2.18 bits per heavy atom. The van der Waals surface area contributed by atoms with E-state index in [9.17, 15) is 14.9 Å². The Bertz CT molecular complexity index is 536. The molecule has 0 atom stereocenters. The predicted molar refractivity (Wildman–Crippen MR) is 90.6 cm³/mol. The van der Waals surface area contributed by atoms with E-state index >= 15 is 0 Å². The summed E-state index contributed by atoms with van der Waals surface area (Å²) in [5, 5.41) is 16.7. The Labute approximate surface area is 143 Å². The molecule has 122 valence electrons. The third-order valence-electron chi connectivity index (χ3n) is 3.24. The summed E-state index contributed by atoms with van der Waals surface area (Å²) in [6.45, 7) is 3.92. The van der Waals surface area contributed by atoms with Gasteiger partial charge in [0.25, 0.3) is 5.69 Å². The molecule has 1 fully saturated rings. The second-order valence-electron chi connectivity index (χ2n) is 4.85.